The van der Waals surface area contributed by atoms with Crippen LogP contribution in [0.1, 0.15) is 93.9 Å². The van der Waals surface area contributed by atoms with Crippen molar-refractivity contribution in [3.63, 3.8) is 0 Å². The summed E-state index contributed by atoms with van der Waals surface area (Å²) < 4.78 is 54.1. The Kier molecular flexibility index (Phi) is 16.3. The van der Waals surface area contributed by atoms with Gasteiger partial charge in [0.15, 0.2) is 0 Å². The molecule has 1 rings (SSSR count). The van der Waals surface area contributed by atoms with E-state index in [1.54, 1.807) is 0 Å². The minimum Gasteiger partial charge on any atom is -0.368 e. The Labute approximate surface area is 209 Å². The lowest BCUT2D eigenvalue weighted by atomic mass is 10.5. The average Bonchev–Trinajstić information content (AvgIpc) is 2.94. The fourth-order valence-electron chi connectivity index (χ4n) is 2.99. The molecule has 3 atom stereocenters. The van der Waals surface area contributed by atoms with Gasteiger partial charge in [0, 0.05) is 6.61 Å². The van der Waals surface area contributed by atoms with Crippen molar-refractivity contribution in [1.82, 2.24) is 0 Å². The molecule has 2 unspecified atom stereocenters. The van der Waals surface area contributed by atoms with Crippen LogP contribution in [-0.4, -0.2) is 51.3 Å². The summed E-state index contributed by atoms with van der Waals surface area (Å²) in [6.45, 7) is 19.6. The van der Waals surface area contributed by atoms with Crippen molar-refractivity contribution in [1.29, 1.82) is 0 Å². The number of nitrogens with zero attached hydrogens (tertiary/aromatic N) is 3. The molecule has 0 bridgehead atoms. The molecule has 0 spiro atoms. The van der Waals surface area contributed by atoms with Crippen molar-refractivity contribution in [2.45, 2.75) is 106 Å². The maximum atomic E-state index is 6.51. The largest absolute Gasteiger partial charge is 0.368 e. The normalized spacial score (nSPS) is 24.5. The summed E-state index contributed by atoms with van der Waals surface area (Å²) in [5, 5.41) is 0. The van der Waals surface area contributed by atoms with Crippen molar-refractivity contribution in [3.8, 4) is 0 Å². The smallest absolute Gasteiger partial charge is 0.345 e. The van der Waals surface area contributed by atoms with Gasteiger partial charge < -0.3 is 27.4 Å². The first kappa shape index (κ1) is 32.5. The zero-order valence-corrected chi connectivity index (χ0v) is 25.5. The molecule has 1 aliphatic rings. The van der Waals surface area contributed by atoms with Crippen LogP contribution in [0.15, 0.2) is 13.8 Å². The van der Waals surface area contributed by atoms with Gasteiger partial charge in [0.1, 0.15) is 11.6 Å². The summed E-state index contributed by atoms with van der Waals surface area (Å²) in [6, 6.07) is 0. The third-order valence-corrected chi connectivity index (χ3v) is 14.2. The highest BCUT2D eigenvalue weighted by molar-refractivity contribution is 7.75. The Balaban J connectivity index is 3.94. The summed E-state index contributed by atoms with van der Waals surface area (Å²) >= 11 is 0. The first-order valence-electron chi connectivity index (χ1n) is 13.1. The lowest BCUT2D eigenvalue weighted by molar-refractivity contribution is 0.109. The highest BCUT2D eigenvalue weighted by Crippen LogP contribution is 2.78. The van der Waals surface area contributed by atoms with E-state index in [1.165, 1.54) is 0 Å². The first-order valence-corrected chi connectivity index (χ1v) is 17.9. The van der Waals surface area contributed by atoms with Crippen molar-refractivity contribution in [2.75, 3.05) is 39.6 Å². The molecule has 204 valence electrons. The molecule has 0 radical (unpaired) electrons. The number of hydrogen-bond acceptors (Lipinski definition) is 9. The molecule has 0 N–H and O–H groups in total. The highest BCUT2D eigenvalue weighted by Gasteiger charge is 2.44. The fourth-order valence-corrected chi connectivity index (χ4v) is 13.8. The predicted molar refractivity (Wildman–Crippen MR) is 144 cm³/mol. The topological polar surface area (TPSA) is 92.5 Å². The standard InChI is InChI=1S/C22H50N3O6P3/c1-9-15-26-22(8)32(27-16-10-2)23-21(7)33(28-17-11-3,29-18-12-4)25-34(24-32,30-19-13-5)31-20-14-6/h21-22H,9-20H2,1-8H3/t21?,22?,32-/m0/s1. The van der Waals surface area contributed by atoms with E-state index < -0.39 is 22.6 Å². The highest BCUT2D eigenvalue weighted by atomic mass is 31.2. The van der Waals surface area contributed by atoms with Gasteiger partial charge >= 0.3 is 7.66 Å². The summed E-state index contributed by atoms with van der Waals surface area (Å²) in [6.07, 6.45) is 5.05. The first-order chi connectivity index (χ1) is 16.3. The van der Waals surface area contributed by atoms with Gasteiger partial charge in [-0.15, -0.1) is 0 Å². The molecule has 9 nitrogen and oxygen atoms in total. The van der Waals surface area contributed by atoms with Crippen molar-refractivity contribution in [2.24, 2.45) is 13.8 Å². The third-order valence-electron chi connectivity index (χ3n) is 4.69. The minimum absolute atomic E-state index is 0.344. The Morgan fingerprint density at radius 3 is 1.53 bits per heavy atom. The zero-order chi connectivity index (χ0) is 25.5. The van der Waals surface area contributed by atoms with Crippen LogP contribution >= 0.6 is 22.6 Å². The van der Waals surface area contributed by atoms with Gasteiger partial charge in [-0.25, -0.2) is 4.74 Å². The Morgan fingerprint density at radius 2 is 1.06 bits per heavy atom. The molecule has 0 aromatic rings. The molecule has 0 aliphatic carbocycles. The summed E-state index contributed by atoms with van der Waals surface area (Å²) in [4.78, 5) is 0. The van der Waals surface area contributed by atoms with E-state index in [2.05, 4.69) is 41.5 Å². The fraction of sp³-hybridized carbons (Fsp3) is 1.00. The molecule has 1 aliphatic heterocycles. The molecule has 0 fully saturated rings. The van der Waals surface area contributed by atoms with Gasteiger partial charge in [-0.2, -0.15) is 9.03 Å². The van der Waals surface area contributed by atoms with Gasteiger partial charge in [-0.05, 0) is 52.4 Å². The molecule has 0 saturated carbocycles. The molecule has 1 heterocycles. The summed E-state index contributed by atoms with van der Waals surface area (Å²) in [5.41, 5.74) is 0. The molecule has 0 amide bonds. The monoisotopic (exact) mass is 545 g/mol. The van der Waals surface area contributed by atoms with Gasteiger partial charge in [0.05, 0.1) is 33.0 Å². The average molecular weight is 546 g/mol. The lowest BCUT2D eigenvalue weighted by Crippen LogP contribution is -2.14. The molecule has 0 aromatic carbocycles. The van der Waals surface area contributed by atoms with Crippen molar-refractivity contribution in [3.05, 3.63) is 0 Å². The summed E-state index contributed by atoms with van der Waals surface area (Å²) in [7, 11) is -8.91. The Bertz CT molecular complexity index is 711. The molecular weight excluding hydrogens is 495 g/mol. The molecule has 0 aromatic heterocycles. The molecule has 34 heavy (non-hydrogen) atoms. The van der Waals surface area contributed by atoms with Crippen LogP contribution in [0, 0.1) is 0 Å². The maximum absolute atomic E-state index is 6.51. The van der Waals surface area contributed by atoms with E-state index in [1.807, 2.05) is 13.8 Å². The predicted octanol–water partition coefficient (Wildman–Crippen LogP) is 9.26. The minimum atomic E-state index is -3.15. The van der Waals surface area contributed by atoms with E-state index in [9.17, 15) is 0 Å². The van der Waals surface area contributed by atoms with Crippen LogP contribution in [0.2, 0.25) is 0 Å². The van der Waals surface area contributed by atoms with Crippen LogP contribution < -0.4 is 0 Å². The maximum Gasteiger partial charge on any atom is 0.345 e. The Morgan fingerprint density at radius 1 is 0.618 bits per heavy atom. The second-order valence-electron chi connectivity index (χ2n) is 8.21. The third kappa shape index (κ3) is 9.39. The van der Waals surface area contributed by atoms with E-state index >= 15 is 0 Å². The quantitative estimate of drug-likeness (QED) is 0.150. The summed E-state index contributed by atoms with van der Waals surface area (Å²) in [5.74, 6) is -0.714. The van der Waals surface area contributed by atoms with Gasteiger partial charge in [-0.1, -0.05) is 41.5 Å². The van der Waals surface area contributed by atoms with Crippen molar-refractivity contribution >= 4 is 22.6 Å². The number of hydrogen-bond donors (Lipinski definition) is 0. The second kappa shape index (κ2) is 17.1. The lowest BCUT2D eigenvalue weighted by Gasteiger charge is -2.29. The molecule has 0 saturated heterocycles. The number of rotatable bonds is 19. The van der Waals surface area contributed by atoms with Crippen LogP contribution in [0.25, 0.3) is 0 Å². The number of ether oxygens (including phenoxy) is 1. The van der Waals surface area contributed by atoms with Crippen LogP contribution in [0.5, 0.6) is 0 Å². The second-order valence-corrected chi connectivity index (χ2v) is 15.9. The van der Waals surface area contributed by atoms with E-state index in [0.717, 1.165) is 38.5 Å². The van der Waals surface area contributed by atoms with Crippen molar-refractivity contribution < 1.29 is 27.4 Å². The zero-order valence-electron chi connectivity index (χ0n) is 22.8. The van der Waals surface area contributed by atoms with Gasteiger partial charge in [-0.3, -0.25) is 0 Å². The van der Waals surface area contributed by atoms with E-state index in [4.69, 9.17) is 41.1 Å². The molecular formula is C22H50N3O6P3. The van der Waals surface area contributed by atoms with E-state index in [-0.39, 0.29) is 11.6 Å². The van der Waals surface area contributed by atoms with Crippen LogP contribution in [0.4, 0.5) is 0 Å². The van der Waals surface area contributed by atoms with Crippen LogP contribution in [-0.2, 0) is 27.4 Å². The van der Waals surface area contributed by atoms with E-state index in [0.29, 0.717) is 39.6 Å². The van der Waals surface area contributed by atoms with Gasteiger partial charge in [0.25, 0.3) is 0 Å². The van der Waals surface area contributed by atoms with Crippen LogP contribution in [0.3, 0.4) is 0 Å². The molecule has 12 heteroatoms. The Hall–Kier alpha value is 0.450. The van der Waals surface area contributed by atoms with Gasteiger partial charge in [0.2, 0.25) is 14.9 Å². The SMILES string of the molecule is CCCOC(C)[P@]1(OCCC)=NC(C)P(OCCC)(OCCC)=NP(OCCC)(OCCC)=N1.